The van der Waals surface area contributed by atoms with Crippen molar-refractivity contribution in [3.8, 4) is 5.75 Å². The van der Waals surface area contributed by atoms with Crippen molar-refractivity contribution in [2.24, 2.45) is 5.41 Å². The lowest BCUT2D eigenvalue weighted by molar-refractivity contribution is 0.0775. The number of hydrogen-bond acceptors (Lipinski definition) is 3. The van der Waals surface area contributed by atoms with Crippen LogP contribution in [0.4, 0.5) is 0 Å². The van der Waals surface area contributed by atoms with E-state index in [1.807, 2.05) is 6.07 Å². The van der Waals surface area contributed by atoms with E-state index in [2.05, 4.69) is 11.4 Å². The smallest absolute Gasteiger partial charge is 0.115 e. The average molecular weight is 289 g/mol. The first-order valence-corrected chi connectivity index (χ1v) is 8.38. The predicted molar refractivity (Wildman–Crippen MR) is 84.4 cm³/mol. The Balaban J connectivity index is 1.70. The molecule has 1 aromatic rings. The molecule has 2 aliphatic rings. The van der Waals surface area contributed by atoms with E-state index in [-0.39, 0.29) is 5.41 Å². The summed E-state index contributed by atoms with van der Waals surface area (Å²) in [4.78, 5) is 0. The average Bonchev–Trinajstić information content (AvgIpc) is 2.54. The van der Waals surface area contributed by atoms with Gasteiger partial charge in [-0.15, -0.1) is 0 Å². The summed E-state index contributed by atoms with van der Waals surface area (Å²) in [5, 5.41) is 23.3. The second kappa shape index (κ2) is 6.37. The maximum absolute atomic E-state index is 9.83. The molecule has 0 heterocycles. The van der Waals surface area contributed by atoms with E-state index >= 15 is 0 Å². The molecule has 0 bridgehead atoms. The molecule has 0 aliphatic heterocycles. The summed E-state index contributed by atoms with van der Waals surface area (Å²) < 4.78 is 0. The first-order chi connectivity index (χ1) is 10.2. The van der Waals surface area contributed by atoms with Gasteiger partial charge in [-0.25, -0.2) is 0 Å². The minimum absolute atomic E-state index is 0.0761. The van der Waals surface area contributed by atoms with Crippen molar-refractivity contribution >= 4 is 0 Å². The topological polar surface area (TPSA) is 52.5 Å². The third kappa shape index (κ3) is 3.24. The SMILES string of the molecule is OCC1(CNC2CCCc3ccc(O)cc32)CCCCC1. The molecule has 1 atom stereocenters. The Morgan fingerprint density at radius 2 is 1.95 bits per heavy atom. The van der Waals surface area contributed by atoms with Crippen molar-refractivity contribution in [2.75, 3.05) is 13.2 Å². The van der Waals surface area contributed by atoms with Crippen LogP contribution in [0.2, 0.25) is 0 Å². The number of aryl methyl sites for hydroxylation is 1. The molecule has 1 aromatic carbocycles. The van der Waals surface area contributed by atoms with Gasteiger partial charge >= 0.3 is 0 Å². The lowest BCUT2D eigenvalue weighted by Crippen LogP contribution is -2.41. The van der Waals surface area contributed by atoms with Crippen LogP contribution in [0, 0.1) is 5.41 Å². The molecule has 1 unspecified atom stereocenters. The van der Waals surface area contributed by atoms with E-state index in [1.54, 1.807) is 6.07 Å². The van der Waals surface area contributed by atoms with Gasteiger partial charge in [0.05, 0.1) is 0 Å². The lowest BCUT2D eigenvalue weighted by atomic mass is 9.74. The number of benzene rings is 1. The number of aliphatic hydroxyl groups is 1. The van der Waals surface area contributed by atoms with Crippen molar-refractivity contribution in [3.05, 3.63) is 29.3 Å². The van der Waals surface area contributed by atoms with Gasteiger partial charge in [-0.2, -0.15) is 0 Å². The maximum atomic E-state index is 9.83. The highest BCUT2D eigenvalue weighted by molar-refractivity contribution is 5.38. The molecule has 0 amide bonds. The molecule has 3 heteroatoms. The van der Waals surface area contributed by atoms with E-state index in [0.29, 0.717) is 18.4 Å². The molecule has 0 aromatic heterocycles. The fourth-order valence-corrected chi connectivity index (χ4v) is 4.03. The summed E-state index contributed by atoms with van der Waals surface area (Å²) in [7, 11) is 0. The van der Waals surface area contributed by atoms with E-state index in [1.165, 1.54) is 36.8 Å². The number of hydrogen-bond donors (Lipinski definition) is 3. The summed E-state index contributed by atoms with van der Waals surface area (Å²) in [6.07, 6.45) is 9.49. The first kappa shape index (κ1) is 14.9. The second-order valence-corrected chi connectivity index (χ2v) is 6.93. The van der Waals surface area contributed by atoms with Gasteiger partial charge in [0.15, 0.2) is 0 Å². The van der Waals surface area contributed by atoms with Crippen LogP contribution in [0.25, 0.3) is 0 Å². The Kier molecular flexibility index (Phi) is 4.51. The number of phenolic OH excluding ortho intramolecular Hbond substituents is 1. The zero-order valence-corrected chi connectivity index (χ0v) is 12.8. The first-order valence-electron chi connectivity index (χ1n) is 8.38. The molecule has 0 saturated heterocycles. The molecule has 2 aliphatic carbocycles. The van der Waals surface area contributed by atoms with Gasteiger partial charge in [0, 0.05) is 24.6 Å². The van der Waals surface area contributed by atoms with Crippen LogP contribution in [0.3, 0.4) is 0 Å². The van der Waals surface area contributed by atoms with Crippen LogP contribution in [-0.4, -0.2) is 23.4 Å². The number of aliphatic hydroxyl groups excluding tert-OH is 1. The number of aromatic hydroxyl groups is 1. The summed E-state index contributed by atoms with van der Waals surface area (Å²) in [6, 6.07) is 6.09. The minimum atomic E-state index is 0.0761. The van der Waals surface area contributed by atoms with Crippen LogP contribution < -0.4 is 5.32 Å². The van der Waals surface area contributed by atoms with E-state index < -0.39 is 0 Å². The van der Waals surface area contributed by atoms with Crippen LogP contribution in [0.5, 0.6) is 5.75 Å². The normalized spacial score (nSPS) is 24.5. The largest absolute Gasteiger partial charge is 0.508 e. The molecule has 1 fully saturated rings. The quantitative estimate of drug-likeness (QED) is 0.797. The zero-order chi connectivity index (χ0) is 14.7. The standard InChI is InChI=1S/C18H27NO2/c20-13-18(9-2-1-3-10-18)12-19-17-6-4-5-14-7-8-15(21)11-16(14)17/h7-8,11,17,19-21H,1-6,9-10,12-13H2. The molecular formula is C18H27NO2. The van der Waals surface area contributed by atoms with Crippen LogP contribution in [0.15, 0.2) is 18.2 Å². The van der Waals surface area contributed by atoms with Gasteiger partial charge in [0.1, 0.15) is 5.75 Å². The molecule has 1 saturated carbocycles. The van der Waals surface area contributed by atoms with Crippen molar-refractivity contribution in [1.82, 2.24) is 5.32 Å². The van der Waals surface area contributed by atoms with Gasteiger partial charge in [0.25, 0.3) is 0 Å². The Labute approximate surface area is 127 Å². The van der Waals surface area contributed by atoms with Gasteiger partial charge in [0.2, 0.25) is 0 Å². The maximum Gasteiger partial charge on any atom is 0.115 e. The summed E-state index contributed by atoms with van der Waals surface area (Å²) in [5.74, 6) is 0.358. The zero-order valence-electron chi connectivity index (χ0n) is 12.8. The molecule has 0 spiro atoms. The van der Waals surface area contributed by atoms with E-state index in [4.69, 9.17) is 0 Å². The third-order valence-electron chi connectivity index (χ3n) is 5.42. The molecule has 116 valence electrons. The fraction of sp³-hybridized carbons (Fsp3) is 0.667. The van der Waals surface area contributed by atoms with Crippen molar-refractivity contribution < 1.29 is 10.2 Å². The van der Waals surface area contributed by atoms with Crippen molar-refractivity contribution in [2.45, 2.75) is 57.4 Å². The second-order valence-electron chi connectivity index (χ2n) is 6.93. The number of nitrogens with one attached hydrogen (secondary N) is 1. The van der Waals surface area contributed by atoms with Gasteiger partial charge in [-0.05, 0) is 55.4 Å². The lowest BCUT2D eigenvalue weighted by Gasteiger charge is -2.38. The predicted octanol–water partition coefficient (Wildman–Crippen LogP) is 3.30. The van der Waals surface area contributed by atoms with Crippen LogP contribution in [-0.2, 0) is 6.42 Å². The molecule has 21 heavy (non-hydrogen) atoms. The molecule has 0 radical (unpaired) electrons. The molecule has 3 N–H and O–H groups in total. The van der Waals surface area contributed by atoms with Crippen molar-refractivity contribution in [1.29, 1.82) is 0 Å². The van der Waals surface area contributed by atoms with Gasteiger partial charge in [-0.3, -0.25) is 0 Å². The van der Waals surface area contributed by atoms with E-state index in [9.17, 15) is 10.2 Å². The fourth-order valence-electron chi connectivity index (χ4n) is 4.03. The molecular weight excluding hydrogens is 262 g/mol. The highest BCUT2D eigenvalue weighted by Crippen LogP contribution is 2.37. The Morgan fingerprint density at radius 3 is 2.71 bits per heavy atom. The number of phenols is 1. The number of fused-ring (bicyclic) bond motifs is 1. The molecule has 3 rings (SSSR count). The third-order valence-corrected chi connectivity index (χ3v) is 5.42. The summed E-state index contributed by atoms with van der Waals surface area (Å²) >= 11 is 0. The Bertz CT molecular complexity index is 480. The number of rotatable bonds is 4. The molecule has 3 nitrogen and oxygen atoms in total. The Morgan fingerprint density at radius 1 is 1.14 bits per heavy atom. The van der Waals surface area contributed by atoms with Gasteiger partial charge in [-0.1, -0.05) is 25.3 Å². The van der Waals surface area contributed by atoms with Gasteiger partial charge < -0.3 is 15.5 Å². The summed E-state index contributed by atoms with van der Waals surface area (Å²) in [5.41, 5.74) is 2.69. The summed E-state index contributed by atoms with van der Waals surface area (Å²) in [6.45, 7) is 1.18. The van der Waals surface area contributed by atoms with Crippen LogP contribution >= 0.6 is 0 Å². The van der Waals surface area contributed by atoms with Crippen molar-refractivity contribution in [3.63, 3.8) is 0 Å². The monoisotopic (exact) mass is 289 g/mol. The van der Waals surface area contributed by atoms with Crippen LogP contribution in [0.1, 0.15) is 62.1 Å². The Hall–Kier alpha value is -1.06. The highest BCUT2D eigenvalue weighted by atomic mass is 16.3. The highest BCUT2D eigenvalue weighted by Gasteiger charge is 2.32. The van der Waals surface area contributed by atoms with E-state index in [0.717, 1.165) is 32.2 Å². The minimum Gasteiger partial charge on any atom is -0.508 e.